The van der Waals surface area contributed by atoms with E-state index in [-0.39, 0.29) is 4.65 Å². The molecule has 1 atom stereocenters. The van der Waals surface area contributed by atoms with Gasteiger partial charge in [0.1, 0.15) is 12.4 Å². The predicted molar refractivity (Wildman–Crippen MR) is 90.2 cm³/mol. The average molecular weight is 312 g/mol. The zero-order chi connectivity index (χ0) is 15.5. The van der Waals surface area contributed by atoms with Gasteiger partial charge in [0.15, 0.2) is 0 Å². The lowest BCUT2D eigenvalue weighted by Crippen LogP contribution is -2.52. The minimum absolute atomic E-state index is 0.336. The van der Waals surface area contributed by atoms with Gasteiger partial charge in [0.25, 0.3) is 0 Å². The molecule has 0 amide bonds. The van der Waals surface area contributed by atoms with Crippen molar-refractivity contribution in [3.05, 3.63) is 34.0 Å². The van der Waals surface area contributed by atoms with Crippen LogP contribution < -0.4 is 4.65 Å². The Morgan fingerprint density at radius 3 is 2.71 bits per heavy atom. The molecule has 2 rings (SSSR count). The molecule has 0 N–H and O–H groups in total. The lowest BCUT2D eigenvalue weighted by molar-refractivity contribution is 0.154. The van der Waals surface area contributed by atoms with E-state index in [4.69, 9.17) is 11.6 Å². The van der Waals surface area contributed by atoms with E-state index in [2.05, 4.69) is 23.6 Å². The summed E-state index contributed by atoms with van der Waals surface area (Å²) in [5, 5.41) is 13.4. The molecular weight excluding hydrogens is 286 g/mol. The van der Waals surface area contributed by atoms with Crippen molar-refractivity contribution < 1.29 is 0 Å². The summed E-state index contributed by atoms with van der Waals surface area (Å²) in [6, 6.07) is 5.62. The molecular formula is C16H26ClN3O. The van der Waals surface area contributed by atoms with Gasteiger partial charge in [0.05, 0.1) is 7.05 Å². The first-order valence-electron chi connectivity index (χ1n) is 7.76. The van der Waals surface area contributed by atoms with Crippen LogP contribution in [0, 0.1) is 5.21 Å². The van der Waals surface area contributed by atoms with Crippen LogP contribution in [0.3, 0.4) is 0 Å². The van der Waals surface area contributed by atoms with Crippen LogP contribution in [0.4, 0.5) is 5.69 Å². The molecule has 0 fully saturated rings. The molecule has 1 aromatic rings. The maximum Gasteiger partial charge on any atom is 0.139 e. The third-order valence-electron chi connectivity index (χ3n) is 4.26. The van der Waals surface area contributed by atoms with Crippen LogP contribution >= 0.6 is 11.6 Å². The second kappa shape index (κ2) is 7.07. The van der Waals surface area contributed by atoms with Crippen LogP contribution in [0.25, 0.3) is 0 Å². The van der Waals surface area contributed by atoms with Gasteiger partial charge in [-0.1, -0.05) is 25.4 Å². The summed E-state index contributed by atoms with van der Waals surface area (Å²) in [4.78, 5) is 4.66. The summed E-state index contributed by atoms with van der Waals surface area (Å²) in [6.07, 6.45) is 1.09. The molecule has 0 aromatic heterocycles. The van der Waals surface area contributed by atoms with E-state index in [1.807, 2.05) is 18.2 Å². The topological polar surface area (TPSA) is 29.5 Å². The molecule has 0 saturated carbocycles. The number of hydroxylamine groups is 2. The van der Waals surface area contributed by atoms with Gasteiger partial charge < -0.3 is 14.8 Å². The van der Waals surface area contributed by atoms with E-state index in [9.17, 15) is 5.21 Å². The summed E-state index contributed by atoms with van der Waals surface area (Å²) >= 11 is 6.07. The number of benzene rings is 1. The van der Waals surface area contributed by atoms with Gasteiger partial charge in [0, 0.05) is 29.7 Å². The first-order chi connectivity index (χ1) is 9.96. The van der Waals surface area contributed by atoms with Crippen LogP contribution in [0.5, 0.6) is 0 Å². The third-order valence-corrected chi connectivity index (χ3v) is 4.49. The van der Waals surface area contributed by atoms with E-state index < -0.39 is 0 Å². The van der Waals surface area contributed by atoms with Gasteiger partial charge >= 0.3 is 0 Å². The summed E-state index contributed by atoms with van der Waals surface area (Å²) < 4.78 is -0.336. The fourth-order valence-electron chi connectivity index (χ4n) is 3.10. The molecule has 1 aromatic carbocycles. The monoisotopic (exact) mass is 311 g/mol. The van der Waals surface area contributed by atoms with E-state index in [1.165, 1.54) is 0 Å². The first-order valence-corrected chi connectivity index (χ1v) is 8.14. The van der Waals surface area contributed by atoms with Crippen molar-refractivity contribution in [3.8, 4) is 0 Å². The minimum atomic E-state index is -0.336. The van der Waals surface area contributed by atoms with E-state index >= 15 is 0 Å². The molecule has 0 aliphatic carbocycles. The lowest BCUT2D eigenvalue weighted by Gasteiger charge is -2.46. The van der Waals surface area contributed by atoms with E-state index in [1.54, 1.807) is 7.05 Å². The van der Waals surface area contributed by atoms with Gasteiger partial charge in [-0.3, -0.25) is 4.90 Å². The van der Waals surface area contributed by atoms with Gasteiger partial charge in [0.2, 0.25) is 0 Å². The van der Waals surface area contributed by atoms with Crippen LogP contribution in [0.1, 0.15) is 25.8 Å². The number of halogens is 1. The highest BCUT2D eigenvalue weighted by Gasteiger charge is 2.28. The van der Waals surface area contributed by atoms with Crippen molar-refractivity contribution in [2.45, 2.75) is 26.8 Å². The van der Waals surface area contributed by atoms with E-state index in [0.717, 1.165) is 50.4 Å². The largest absolute Gasteiger partial charge is 0.627 e. The molecule has 1 aliphatic rings. The highest BCUT2D eigenvalue weighted by atomic mass is 35.5. The molecule has 0 spiro atoms. The molecule has 1 aliphatic heterocycles. The second-order valence-corrected chi connectivity index (χ2v) is 6.38. The molecule has 4 nitrogen and oxygen atoms in total. The van der Waals surface area contributed by atoms with Crippen molar-refractivity contribution in [3.63, 3.8) is 0 Å². The van der Waals surface area contributed by atoms with Gasteiger partial charge in [-0.2, -0.15) is 0 Å². The molecule has 1 heterocycles. The van der Waals surface area contributed by atoms with Crippen LogP contribution in [-0.2, 0) is 6.54 Å². The average Bonchev–Trinajstić information content (AvgIpc) is 2.42. The Morgan fingerprint density at radius 2 is 2.05 bits per heavy atom. The number of fused-ring (bicyclic) bond motifs is 1. The van der Waals surface area contributed by atoms with Crippen LogP contribution in [0.2, 0.25) is 5.02 Å². The molecule has 5 heteroatoms. The number of quaternary nitrogens is 1. The van der Waals surface area contributed by atoms with Gasteiger partial charge in [-0.15, -0.1) is 0 Å². The maximum absolute atomic E-state index is 12.7. The number of hydrogen-bond donors (Lipinski definition) is 0. The Balaban J connectivity index is 1.99. The Kier molecular flexibility index (Phi) is 5.63. The van der Waals surface area contributed by atoms with E-state index in [0.29, 0.717) is 11.7 Å². The Morgan fingerprint density at radius 1 is 1.33 bits per heavy atom. The first kappa shape index (κ1) is 16.7. The van der Waals surface area contributed by atoms with Crippen molar-refractivity contribution in [1.82, 2.24) is 14.4 Å². The van der Waals surface area contributed by atoms with Crippen molar-refractivity contribution >= 4 is 17.3 Å². The fraction of sp³-hybridized carbons (Fsp3) is 0.625. The Hall–Kier alpha value is -0.650. The van der Waals surface area contributed by atoms with Crippen molar-refractivity contribution in [2.75, 3.05) is 39.9 Å². The SMILES string of the molecule is CCN(CC)CCCN1Cc2cc(Cl)ccc2[N+](C)([O-])C1. The summed E-state index contributed by atoms with van der Waals surface area (Å²) in [6.45, 7) is 9.95. The predicted octanol–water partition coefficient (Wildman–Crippen LogP) is 3.28. The molecule has 0 radical (unpaired) electrons. The highest BCUT2D eigenvalue weighted by Crippen LogP contribution is 2.33. The van der Waals surface area contributed by atoms with Gasteiger partial charge in [-0.25, -0.2) is 0 Å². The number of nitrogens with zero attached hydrogens (tertiary/aromatic N) is 3. The quantitative estimate of drug-likeness (QED) is 0.596. The standard InChI is InChI=1S/C16H26ClN3O/c1-4-18(5-2)9-6-10-19-12-14-11-15(17)7-8-16(14)20(3,21)13-19/h7-8,11H,4-6,9-10,12-13H2,1-3H3. The number of rotatable bonds is 6. The minimum Gasteiger partial charge on any atom is -0.627 e. The second-order valence-electron chi connectivity index (χ2n) is 5.95. The van der Waals surface area contributed by atoms with Crippen molar-refractivity contribution in [1.29, 1.82) is 0 Å². The highest BCUT2D eigenvalue weighted by molar-refractivity contribution is 6.30. The molecule has 0 bridgehead atoms. The Labute approximate surface area is 133 Å². The van der Waals surface area contributed by atoms with Crippen LogP contribution in [0.15, 0.2) is 18.2 Å². The number of hydrogen-bond acceptors (Lipinski definition) is 3. The summed E-state index contributed by atoms with van der Waals surface area (Å²) in [5.41, 5.74) is 1.91. The molecule has 118 valence electrons. The smallest absolute Gasteiger partial charge is 0.139 e. The maximum atomic E-state index is 12.7. The molecule has 21 heavy (non-hydrogen) atoms. The fourth-order valence-corrected chi connectivity index (χ4v) is 3.29. The summed E-state index contributed by atoms with van der Waals surface area (Å²) in [7, 11) is 1.73. The van der Waals surface area contributed by atoms with Crippen molar-refractivity contribution in [2.24, 2.45) is 0 Å². The third kappa shape index (κ3) is 4.18. The lowest BCUT2D eigenvalue weighted by atomic mass is 10.1. The summed E-state index contributed by atoms with van der Waals surface area (Å²) in [5.74, 6) is 0. The van der Waals surface area contributed by atoms with Gasteiger partial charge in [-0.05, 0) is 38.2 Å². The molecule has 1 unspecified atom stereocenters. The zero-order valence-electron chi connectivity index (χ0n) is 13.3. The molecule has 0 saturated heterocycles. The Bertz CT molecular complexity index is 475. The van der Waals surface area contributed by atoms with Crippen LogP contribution in [-0.4, -0.2) is 49.7 Å². The zero-order valence-corrected chi connectivity index (χ0v) is 14.1. The normalized spacial score (nSPS) is 22.6.